The Kier molecular flexibility index (Phi) is 3.84. The average molecular weight is 265 g/mol. The monoisotopic (exact) mass is 265 g/mol. The topological polar surface area (TPSA) is 102 Å². The summed E-state index contributed by atoms with van der Waals surface area (Å²) in [5.41, 5.74) is 5.69. The Balaban J connectivity index is 2.54. The molecule has 19 heavy (non-hydrogen) atoms. The van der Waals surface area contributed by atoms with Crippen molar-refractivity contribution in [3.8, 4) is 0 Å². The van der Waals surface area contributed by atoms with E-state index in [0.717, 1.165) is 19.4 Å². The van der Waals surface area contributed by atoms with E-state index in [2.05, 4.69) is 15.6 Å². The van der Waals surface area contributed by atoms with Gasteiger partial charge in [0.25, 0.3) is 11.8 Å². The number of hydrogen-bond donors (Lipinski definition) is 3. The van der Waals surface area contributed by atoms with Crippen molar-refractivity contribution in [2.75, 3.05) is 13.6 Å². The summed E-state index contributed by atoms with van der Waals surface area (Å²) in [5.74, 6) is -0.301. The van der Waals surface area contributed by atoms with E-state index in [1.54, 1.807) is 4.57 Å². The van der Waals surface area contributed by atoms with Gasteiger partial charge in [0.05, 0.1) is 6.04 Å². The van der Waals surface area contributed by atoms with Gasteiger partial charge in [-0.15, -0.1) is 0 Å². The minimum absolute atomic E-state index is 0.0801. The molecule has 2 heterocycles. The number of nitrogens with one attached hydrogen (secondary N) is 2. The lowest BCUT2D eigenvalue weighted by Gasteiger charge is -2.12. The Bertz CT molecular complexity index is 502. The number of rotatable bonds is 4. The van der Waals surface area contributed by atoms with Gasteiger partial charge in [-0.05, 0) is 26.3 Å². The van der Waals surface area contributed by atoms with Crippen LogP contribution in [0.4, 0.5) is 0 Å². The minimum Gasteiger partial charge on any atom is -0.364 e. The first-order valence-corrected chi connectivity index (χ1v) is 6.45. The van der Waals surface area contributed by atoms with Gasteiger partial charge in [-0.1, -0.05) is 0 Å². The zero-order chi connectivity index (χ0) is 14.0. The highest BCUT2D eigenvalue weighted by Crippen LogP contribution is 2.25. The minimum atomic E-state index is -0.628. The van der Waals surface area contributed by atoms with E-state index in [9.17, 15) is 9.59 Å². The van der Waals surface area contributed by atoms with Gasteiger partial charge in [0.1, 0.15) is 11.5 Å². The molecule has 0 bridgehead atoms. The molecule has 1 aromatic heterocycles. The Morgan fingerprint density at radius 3 is 2.79 bits per heavy atom. The highest BCUT2D eigenvalue weighted by atomic mass is 16.2. The van der Waals surface area contributed by atoms with Crippen molar-refractivity contribution in [2.24, 2.45) is 5.73 Å². The molecule has 2 amide bonds. The van der Waals surface area contributed by atoms with E-state index in [1.807, 2.05) is 6.92 Å². The van der Waals surface area contributed by atoms with E-state index in [1.165, 1.54) is 7.05 Å². The molecule has 0 saturated carbocycles. The summed E-state index contributed by atoms with van der Waals surface area (Å²) < 4.78 is 1.73. The summed E-state index contributed by atoms with van der Waals surface area (Å²) in [6, 6.07) is 0.0801. The van der Waals surface area contributed by atoms with Gasteiger partial charge in [0, 0.05) is 13.6 Å². The first-order chi connectivity index (χ1) is 9.10. The van der Waals surface area contributed by atoms with Gasteiger partial charge in [-0.2, -0.15) is 0 Å². The number of primary amides is 1. The molecule has 1 saturated heterocycles. The van der Waals surface area contributed by atoms with Crippen LogP contribution in [0.2, 0.25) is 0 Å². The van der Waals surface area contributed by atoms with Crippen LogP contribution in [-0.4, -0.2) is 35.0 Å². The van der Waals surface area contributed by atoms with Crippen LogP contribution in [0, 0.1) is 0 Å². The molecule has 1 aliphatic heterocycles. The van der Waals surface area contributed by atoms with Crippen LogP contribution < -0.4 is 16.4 Å². The number of aromatic nitrogens is 2. The van der Waals surface area contributed by atoms with Gasteiger partial charge >= 0.3 is 0 Å². The Morgan fingerprint density at radius 2 is 2.32 bits per heavy atom. The highest BCUT2D eigenvalue weighted by Gasteiger charge is 2.29. The summed E-state index contributed by atoms with van der Waals surface area (Å²) in [6.45, 7) is 3.37. The van der Waals surface area contributed by atoms with Crippen molar-refractivity contribution in [1.82, 2.24) is 20.2 Å². The van der Waals surface area contributed by atoms with Crippen molar-refractivity contribution < 1.29 is 9.59 Å². The van der Waals surface area contributed by atoms with Crippen molar-refractivity contribution in [2.45, 2.75) is 32.4 Å². The summed E-state index contributed by atoms with van der Waals surface area (Å²) >= 11 is 0. The van der Waals surface area contributed by atoms with Crippen LogP contribution in [0.5, 0.6) is 0 Å². The summed E-state index contributed by atoms with van der Waals surface area (Å²) in [7, 11) is 1.51. The third-order valence-corrected chi connectivity index (χ3v) is 3.36. The number of imidazole rings is 1. The zero-order valence-corrected chi connectivity index (χ0v) is 11.2. The van der Waals surface area contributed by atoms with Crippen LogP contribution in [-0.2, 0) is 6.54 Å². The van der Waals surface area contributed by atoms with Crippen molar-refractivity contribution >= 4 is 11.8 Å². The molecule has 7 nitrogen and oxygen atoms in total. The molecule has 0 radical (unpaired) electrons. The van der Waals surface area contributed by atoms with Gasteiger partial charge in [0.15, 0.2) is 5.69 Å². The number of nitrogens with zero attached hydrogens (tertiary/aromatic N) is 2. The van der Waals surface area contributed by atoms with Gasteiger partial charge in [0.2, 0.25) is 0 Å². The van der Waals surface area contributed by atoms with Crippen molar-refractivity contribution in [1.29, 1.82) is 0 Å². The molecule has 1 aromatic rings. The molecule has 4 N–H and O–H groups in total. The van der Waals surface area contributed by atoms with E-state index in [-0.39, 0.29) is 23.3 Å². The Labute approximate surface area is 111 Å². The molecule has 104 valence electrons. The molecule has 2 rings (SSSR count). The van der Waals surface area contributed by atoms with Crippen LogP contribution in [0.25, 0.3) is 0 Å². The standard InChI is InChI=1S/C12H19N5O2/c1-3-17-9(10(13)18)8(12(19)14-2)16-11(17)7-5-4-6-15-7/h7,15H,3-6H2,1-2H3,(H2,13,18)(H,14,19). The maximum Gasteiger partial charge on any atom is 0.272 e. The molecule has 7 heteroatoms. The maximum atomic E-state index is 11.8. The SMILES string of the molecule is CCn1c(C2CCCN2)nc(C(=O)NC)c1C(N)=O. The predicted molar refractivity (Wildman–Crippen MR) is 69.8 cm³/mol. The molecule has 1 aliphatic rings. The van der Waals surface area contributed by atoms with E-state index in [0.29, 0.717) is 12.4 Å². The number of carbonyl (C=O) groups excluding carboxylic acids is 2. The third kappa shape index (κ3) is 2.33. The Hall–Kier alpha value is -1.89. The molecular weight excluding hydrogens is 246 g/mol. The normalized spacial score (nSPS) is 18.5. The fraction of sp³-hybridized carbons (Fsp3) is 0.583. The highest BCUT2D eigenvalue weighted by molar-refractivity contribution is 6.04. The smallest absolute Gasteiger partial charge is 0.272 e. The van der Waals surface area contributed by atoms with Crippen LogP contribution >= 0.6 is 0 Å². The third-order valence-electron chi connectivity index (χ3n) is 3.36. The number of amides is 2. The molecule has 1 fully saturated rings. The van der Waals surface area contributed by atoms with Crippen molar-refractivity contribution in [3.05, 3.63) is 17.2 Å². The summed E-state index contributed by atoms with van der Waals surface area (Å²) in [4.78, 5) is 27.8. The van der Waals surface area contributed by atoms with Crippen molar-refractivity contribution in [3.63, 3.8) is 0 Å². The van der Waals surface area contributed by atoms with Gasteiger partial charge in [-0.3, -0.25) is 9.59 Å². The lowest BCUT2D eigenvalue weighted by Crippen LogP contribution is -2.25. The summed E-state index contributed by atoms with van der Waals surface area (Å²) in [6.07, 6.45) is 2.00. The first kappa shape index (κ1) is 13.5. The predicted octanol–water partition coefficient (Wildman–Crippen LogP) is -0.214. The second kappa shape index (κ2) is 5.40. The number of hydrogen-bond acceptors (Lipinski definition) is 4. The van der Waals surface area contributed by atoms with Crippen LogP contribution in [0.3, 0.4) is 0 Å². The largest absolute Gasteiger partial charge is 0.364 e. The quantitative estimate of drug-likeness (QED) is 0.700. The van der Waals surface area contributed by atoms with E-state index in [4.69, 9.17) is 5.73 Å². The molecule has 1 atom stereocenters. The molecule has 0 spiro atoms. The Morgan fingerprint density at radius 1 is 1.58 bits per heavy atom. The first-order valence-electron chi connectivity index (χ1n) is 6.45. The molecule has 0 aromatic carbocycles. The molecule has 0 aliphatic carbocycles. The van der Waals surface area contributed by atoms with Crippen LogP contribution in [0.1, 0.15) is 52.6 Å². The molecule has 1 unspecified atom stereocenters. The molecular formula is C12H19N5O2. The van der Waals surface area contributed by atoms with E-state index < -0.39 is 5.91 Å². The zero-order valence-electron chi connectivity index (χ0n) is 11.2. The second-order valence-corrected chi connectivity index (χ2v) is 4.50. The average Bonchev–Trinajstić information content (AvgIpc) is 3.03. The number of carbonyl (C=O) groups is 2. The van der Waals surface area contributed by atoms with Gasteiger partial charge < -0.3 is 20.9 Å². The van der Waals surface area contributed by atoms with E-state index >= 15 is 0 Å². The lowest BCUT2D eigenvalue weighted by molar-refractivity contribution is 0.0936. The fourth-order valence-corrected chi connectivity index (χ4v) is 2.49. The second-order valence-electron chi connectivity index (χ2n) is 4.50. The summed E-state index contributed by atoms with van der Waals surface area (Å²) in [5, 5.41) is 5.81. The fourth-order valence-electron chi connectivity index (χ4n) is 2.49. The maximum absolute atomic E-state index is 11.8. The lowest BCUT2D eigenvalue weighted by atomic mass is 10.2. The van der Waals surface area contributed by atoms with Gasteiger partial charge in [-0.25, -0.2) is 4.98 Å². The van der Waals surface area contributed by atoms with Crippen LogP contribution in [0.15, 0.2) is 0 Å². The number of nitrogens with two attached hydrogens (primary N) is 1.